The van der Waals surface area contributed by atoms with Gasteiger partial charge in [-0.25, -0.2) is 4.79 Å². The Bertz CT molecular complexity index is 582. The van der Waals surface area contributed by atoms with Crippen molar-refractivity contribution in [3.63, 3.8) is 0 Å². The van der Waals surface area contributed by atoms with Gasteiger partial charge < -0.3 is 4.74 Å². The lowest BCUT2D eigenvalue weighted by molar-refractivity contribution is 0.150. The predicted molar refractivity (Wildman–Crippen MR) is 77.2 cm³/mol. The van der Waals surface area contributed by atoms with E-state index in [1.807, 2.05) is 24.3 Å². The Morgan fingerprint density at radius 3 is 2.11 bits per heavy atom. The van der Waals surface area contributed by atoms with Gasteiger partial charge in [0.15, 0.2) is 0 Å². The van der Waals surface area contributed by atoms with Crippen LogP contribution >= 0.6 is 12.8 Å². The highest BCUT2D eigenvalue weighted by molar-refractivity contribution is 7.78. The average Bonchev–Trinajstić information content (AvgIpc) is 2.79. The maximum atomic E-state index is 11.2. The molecule has 2 aromatic rings. The lowest BCUT2D eigenvalue weighted by Gasteiger charge is -2.13. The molecule has 0 aromatic heterocycles. The third kappa shape index (κ3) is 2.08. The van der Waals surface area contributed by atoms with Crippen LogP contribution < -0.4 is 4.72 Å². The molecular weight excluding hydrogens is 258 g/mol. The quantitative estimate of drug-likeness (QED) is 0.822. The number of hydrogen-bond acceptors (Lipinski definition) is 3. The van der Waals surface area contributed by atoms with Gasteiger partial charge in [-0.2, -0.15) is 0 Å². The van der Waals surface area contributed by atoms with Crippen molar-refractivity contribution in [3.05, 3.63) is 59.7 Å². The third-order valence-electron chi connectivity index (χ3n) is 3.43. The van der Waals surface area contributed by atoms with Crippen LogP contribution in [0.1, 0.15) is 17.0 Å². The van der Waals surface area contributed by atoms with Crippen molar-refractivity contribution in [2.75, 3.05) is 6.61 Å². The van der Waals surface area contributed by atoms with E-state index in [0.717, 1.165) is 0 Å². The SMILES string of the molecule is O=C(NS)OCC1c2ccccc2-c2ccccc21. The van der Waals surface area contributed by atoms with Gasteiger partial charge in [0.05, 0.1) is 0 Å². The molecule has 0 aliphatic heterocycles. The van der Waals surface area contributed by atoms with Crippen LogP contribution in [0.3, 0.4) is 0 Å². The van der Waals surface area contributed by atoms with E-state index in [-0.39, 0.29) is 5.92 Å². The van der Waals surface area contributed by atoms with Gasteiger partial charge in [-0.15, -0.1) is 0 Å². The van der Waals surface area contributed by atoms with Crippen LogP contribution in [0, 0.1) is 0 Å². The molecule has 4 heteroatoms. The fourth-order valence-electron chi connectivity index (χ4n) is 2.63. The first kappa shape index (κ1) is 12.1. The molecule has 0 saturated carbocycles. The van der Waals surface area contributed by atoms with E-state index < -0.39 is 6.09 Å². The first-order chi connectivity index (χ1) is 9.31. The molecule has 1 N–H and O–H groups in total. The monoisotopic (exact) mass is 271 g/mol. The molecule has 0 bridgehead atoms. The van der Waals surface area contributed by atoms with Gasteiger partial charge in [0.25, 0.3) is 0 Å². The van der Waals surface area contributed by atoms with Gasteiger partial charge in [-0.1, -0.05) is 61.3 Å². The Balaban J connectivity index is 1.98. The Morgan fingerprint density at radius 1 is 1.05 bits per heavy atom. The fourth-order valence-corrected chi connectivity index (χ4v) is 2.70. The fraction of sp³-hybridized carbons (Fsp3) is 0.133. The Morgan fingerprint density at radius 2 is 1.58 bits per heavy atom. The van der Waals surface area contributed by atoms with Crippen molar-refractivity contribution >= 4 is 18.9 Å². The van der Waals surface area contributed by atoms with E-state index >= 15 is 0 Å². The zero-order chi connectivity index (χ0) is 13.2. The molecule has 3 rings (SSSR count). The first-order valence-corrected chi connectivity index (χ1v) is 6.51. The van der Waals surface area contributed by atoms with Crippen LogP contribution in [0.5, 0.6) is 0 Å². The zero-order valence-electron chi connectivity index (χ0n) is 10.2. The smallest absolute Gasteiger partial charge is 0.417 e. The van der Waals surface area contributed by atoms with Gasteiger partial charge in [0.2, 0.25) is 0 Å². The summed E-state index contributed by atoms with van der Waals surface area (Å²) in [6.07, 6.45) is -0.523. The van der Waals surface area contributed by atoms with Gasteiger partial charge in [-0.05, 0) is 22.3 Å². The first-order valence-electron chi connectivity index (χ1n) is 6.06. The molecule has 0 saturated heterocycles. The third-order valence-corrected chi connectivity index (χ3v) is 3.62. The molecule has 0 heterocycles. The van der Waals surface area contributed by atoms with Crippen LogP contribution in [0.15, 0.2) is 48.5 Å². The van der Waals surface area contributed by atoms with Crippen molar-refractivity contribution in [1.82, 2.24) is 4.72 Å². The molecule has 3 nitrogen and oxygen atoms in total. The van der Waals surface area contributed by atoms with Crippen molar-refractivity contribution < 1.29 is 9.53 Å². The van der Waals surface area contributed by atoms with Crippen LogP contribution in [-0.4, -0.2) is 12.7 Å². The molecule has 2 aromatic carbocycles. The van der Waals surface area contributed by atoms with Crippen LogP contribution in [0.25, 0.3) is 11.1 Å². The number of benzene rings is 2. The van der Waals surface area contributed by atoms with Crippen LogP contribution in [0.2, 0.25) is 0 Å². The number of ether oxygens (including phenoxy) is 1. The highest BCUT2D eigenvalue weighted by Gasteiger charge is 2.28. The van der Waals surface area contributed by atoms with Crippen LogP contribution in [0.4, 0.5) is 4.79 Å². The molecular formula is C15H13NO2S. The number of nitrogens with one attached hydrogen (secondary N) is 1. The molecule has 1 aliphatic carbocycles. The maximum Gasteiger partial charge on any atom is 0.417 e. The normalized spacial score (nSPS) is 12.7. The molecule has 1 amide bonds. The van der Waals surface area contributed by atoms with Crippen molar-refractivity contribution in [2.45, 2.75) is 5.92 Å². The van der Waals surface area contributed by atoms with Gasteiger partial charge >= 0.3 is 6.09 Å². The minimum atomic E-state index is -0.523. The predicted octanol–water partition coefficient (Wildman–Crippen LogP) is 3.37. The van der Waals surface area contributed by atoms with E-state index in [4.69, 9.17) is 4.74 Å². The number of amides is 1. The van der Waals surface area contributed by atoms with E-state index in [0.29, 0.717) is 6.61 Å². The molecule has 19 heavy (non-hydrogen) atoms. The van der Waals surface area contributed by atoms with Crippen LogP contribution in [-0.2, 0) is 4.74 Å². The molecule has 0 spiro atoms. The zero-order valence-corrected chi connectivity index (χ0v) is 11.1. The minimum Gasteiger partial charge on any atom is -0.448 e. The Hall–Kier alpha value is -1.94. The number of carbonyl (C=O) groups excluding carboxylic acids is 1. The number of carbonyl (C=O) groups is 1. The second-order valence-electron chi connectivity index (χ2n) is 4.44. The summed E-state index contributed by atoms with van der Waals surface area (Å²) in [7, 11) is 0. The summed E-state index contributed by atoms with van der Waals surface area (Å²) in [6, 6.07) is 16.5. The highest BCUT2D eigenvalue weighted by atomic mass is 32.1. The molecule has 1 aliphatic rings. The summed E-state index contributed by atoms with van der Waals surface area (Å²) in [6.45, 7) is 0.320. The second-order valence-corrected chi connectivity index (χ2v) is 4.66. The number of thiol groups is 1. The lowest BCUT2D eigenvalue weighted by atomic mass is 9.98. The number of hydrogen-bond donors (Lipinski definition) is 2. The van der Waals surface area contributed by atoms with Gasteiger partial charge in [0.1, 0.15) is 6.61 Å². The summed E-state index contributed by atoms with van der Waals surface area (Å²) in [5.74, 6) is 0.0954. The maximum absolute atomic E-state index is 11.2. The largest absolute Gasteiger partial charge is 0.448 e. The molecule has 0 fully saturated rings. The highest BCUT2D eigenvalue weighted by Crippen LogP contribution is 2.44. The second kappa shape index (κ2) is 4.97. The summed E-state index contributed by atoms with van der Waals surface area (Å²) in [5, 5.41) is 0. The molecule has 0 atom stereocenters. The van der Waals surface area contributed by atoms with Gasteiger partial charge in [0, 0.05) is 5.92 Å². The standard InChI is InChI=1S/C15H13NO2S/c17-15(16-19)18-9-14-12-7-3-1-5-10(12)11-6-2-4-8-13(11)14/h1-8,14,19H,9H2,(H,16,17). The summed E-state index contributed by atoms with van der Waals surface area (Å²) in [5.41, 5.74) is 4.85. The molecule has 96 valence electrons. The number of fused-ring (bicyclic) bond motifs is 3. The van der Waals surface area contributed by atoms with Crippen molar-refractivity contribution in [3.8, 4) is 11.1 Å². The summed E-state index contributed by atoms with van der Waals surface area (Å²) >= 11 is 3.68. The Labute approximate surface area is 117 Å². The summed E-state index contributed by atoms with van der Waals surface area (Å²) < 4.78 is 7.33. The van der Waals surface area contributed by atoms with Gasteiger partial charge in [-0.3, -0.25) is 4.72 Å². The number of rotatable bonds is 2. The Kier molecular flexibility index (Phi) is 3.17. The van der Waals surface area contributed by atoms with E-state index in [1.54, 1.807) is 0 Å². The van der Waals surface area contributed by atoms with E-state index in [1.165, 1.54) is 22.3 Å². The molecule has 0 unspecified atom stereocenters. The van der Waals surface area contributed by atoms with Crippen molar-refractivity contribution in [2.24, 2.45) is 0 Å². The average molecular weight is 271 g/mol. The van der Waals surface area contributed by atoms with Crippen molar-refractivity contribution in [1.29, 1.82) is 0 Å². The lowest BCUT2D eigenvalue weighted by Crippen LogP contribution is -2.18. The molecule has 0 radical (unpaired) electrons. The summed E-state index contributed by atoms with van der Waals surface area (Å²) in [4.78, 5) is 11.2. The van der Waals surface area contributed by atoms with E-state index in [2.05, 4.69) is 41.8 Å². The topological polar surface area (TPSA) is 38.3 Å². The van der Waals surface area contributed by atoms with E-state index in [9.17, 15) is 4.79 Å². The minimum absolute atomic E-state index is 0.0954.